The second-order valence-electron chi connectivity index (χ2n) is 2.41. The van der Waals surface area contributed by atoms with Crippen LogP contribution in [0.5, 0.6) is 0 Å². The van der Waals surface area contributed by atoms with Crippen LogP contribution in [0.4, 0.5) is 0 Å². The molecule has 1 atom stereocenters. The molecule has 0 bridgehead atoms. The Kier molecular flexibility index (Phi) is 2.49. The summed E-state index contributed by atoms with van der Waals surface area (Å²) in [7, 11) is 0. The van der Waals surface area contributed by atoms with Crippen LogP contribution in [0.1, 0.15) is 12.5 Å². The van der Waals surface area contributed by atoms with E-state index in [-0.39, 0.29) is 6.42 Å². The molecule has 0 aliphatic heterocycles. The molecular weight excluding hydrogens is 154 g/mol. The Hall–Kier alpha value is -1.76. The van der Waals surface area contributed by atoms with Crippen molar-refractivity contribution >= 4 is 5.91 Å². The van der Waals surface area contributed by atoms with Gasteiger partial charge in [0.15, 0.2) is 0 Å². The van der Waals surface area contributed by atoms with Gasteiger partial charge in [-0.1, -0.05) is 0 Å². The third kappa shape index (κ3) is 1.64. The van der Waals surface area contributed by atoms with E-state index in [2.05, 4.69) is 0 Å². The fourth-order valence-electron chi connectivity index (χ4n) is 0.995. The van der Waals surface area contributed by atoms with E-state index in [0.29, 0.717) is 0 Å². The molecule has 0 aliphatic carbocycles. The summed E-state index contributed by atoms with van der Waals surface area (Å²) in [5.74, 6) is -0.479. The molecular formula is C8H9N3O. The highest BCUT2D eigenvalue weighted by Gasteiger charge is 2.14. The lowest BCUT2D eigenvalue weighted by Gasteiger charge is -2.10. The van der Waals surface area contributed by atoms with E-state index in [4.69, 9.17) is 11.0 Å². The number of primary amides is 1. The van der Waals surface area contributed by atoms with E-state index in [1.807, 2.05) is 6.07 Å². The topological polar surface area (TPSA) is 71.8 Å². The second kappa shape index (κ2) is 3.58. The van der Waals surface area contributed by atoms with Gasteiger partial charge in [0, 0.05) is 12.4 Å². The molecule has 0 spiro atoms. The monoisotopic (exact) mass is 163 g/mol. The molecule has 4 nitrogen and oxygen atoms in total. The molecule has 0 radical (unpaired) electrons. The largest absolute Gasteiger partial charge is 0.368 e. The molecule has 1 aromatic heterocycles. The van der Waals surface area contributed by atoms with Crippen LogP contribution in [0.25, 0.3) is 0 Å². The van der Waals surface area contributed by atoms with Crippen molar-refractivity contribution < 1.29 is 4.79 Å². The Morgan fingerprint density at radius 1 is 1.58 bits per heavy atom. The van der Waals surface area contributed by atoms with Crippen molar-refractivity contribution in [2.75, 3.05) is 0 Å². The molecule has 1 aromatic rings. The van der Waals surface area contributed by atoms with Gasteiger partial charge in [0.05, 0.1) is 12.5 Å². The van der Waals surface area contributed by atoms with Crippen LogP contribution in [-0.2, 0) is 4.79 Å². The molecule has 0 aliphatic rings. The van der Waals surface area contributed by atoms with Gasteiger partial charge in [-0.25, -0.2) is 0 Å². The van der Waals surface area contributed by atoms with Gasteiger partial charge in [0.25, 0.3) is 0 Å². The zero-order chi connectivity index (χ0) is 8.97. The summed E-state index contributed by atoms with van der Waals surface area (Å²) in [5, 5.41) is 8.41. The van der Waals surface area contributed by atoms with E-state index >= 15 is 0 Å². The number of nitriles is 1. The Morgan fingerprint density at radius 2 is 2.17 bits per heavy atom. The summed E-state index contributed by atoms with van der Waals surface area (Å²) in [4.78, 5) is 10.8. The molecule has 1 rings (SSSR count). The quantitative estimate of drug-likeness (QED) is 0.701. The Bertz CT molecular complexity index is 297. The summed E-state index contributed by atoms with van der Waals surface area (Å²) in [5.41, 5.74) is 5.10. The average Bonchev–Trinajstić information content (AvgIpc) is 2.51. The van der Waals surface area contributed by atoms with Crippen LogP contribution >= 0.6 is 0 Å². The standard InChI is InChI=1S/C8H9N3O/c9-4-3-7(8(10)12)11-5-1-2-6-11/h1-2,5-7H,3H2,(H2,10,12). The maximum Gasteiger partial charge on any atom is 0.241 e. The van der Waals surface area contributed by atoms with Gasteiger partial charge in [0.1, 0.15) is 6.04 Å². The zero-order valence-electron chi connectivity index (χ0n) is 6.47. The molecule has 1 heterocycles. The number of carbonyl (C=O) groups excluding carboxylic acids is 1. The van der Waals surface area contributed by atoms with Crippen LogP contribution in [0.15, 0.2) is 24.5 Å². The molecule has 2 N–H and O–H groups in total. The molecule has 0 aromatic carbocycles. The predicted octanol–water partition coefficient (Wildman–Crippen LogP) is 0.428. The lowest BCUT2D eigenvalue weighted by atomic mass is 10.2. The van der Waals surface area contributed by atoms with E-state index < -0.39 is 11.9 Å². The van der Waals surface area contributed by atoms with Crippen LogP contribution in [-0.4, -0.2) is 10.5 Å². The van der Waals surface area contributed by atoms with Gasteiger partial charge in [-0.2, -0.15) is 5.26 Å². The number of carbonyl (C=O) groups is 1. The SMILES string of the molecule is N#CCC(C(N)=O)n1cccc1. The highest BCUT2D eigenvalue weighted by molar-refractivity contribution is 5.78. The van der Waals surface area contributed by atoms with E-state index in [1.165, 1.54) is 0 Å². The molecule has 0 saturated heterocycles. The Balaban J connectivity index is 2.82. The van der Waals surface area contributed by atoms with Crippen molar-refractivity contribution in [3.8, 4) is 6.07 Å². The lowest BCUT2D eigenvalue weighted by molar-refractivity contribution is -0.121. The van der Waals surface area contributed by atoms with E-state index in [0.717, 1.165) is 0 Å². The minimum absolute atomic E-state index is 0.115. The summed E-state index contributed by atoms with van der Waals surface area (Å²) < 4.78 is 1.63. The van der Waals surface area contributed by atoms with E-state index in [1.54, 1.807) is 29.1 Å². The summed E-state index contributed by atoms with van der Waals surface area (Å²) in [6.45, 7) is 0. The first-order valence-electron chi connectivity index (χ1n) is 3.54. The summed E-state index contributed by atoms with van der Waals surface area (Å²) in [6, 6.07) is 4.95. The first kappa shape index (κ1) is 8.34. The minimum Gasteiger partial charge on any atom is -0.368 e. The number of aromatic nitrogens is 1. The second-order valence-corrected chi connectivity index (χ2v) is 2.41. The first-order chi connectivity index (χ1) is 5.75. The molecule has 0 saturated carbocycles. The number of hydrogen-bond acceptors (Lipinski definition) is 2. The smallest absolute Gasteiger partial charge is 0.241 e. The molecule has 1 amide bonds. The van der Waals surface area contributed by atoms with Gasteiger partial charge in [-0.05, 0) is 12.1 Å². The number of nitrogens with two attached hydrogens (primary N) is 1. The minimum atomic E-state index is -0.537. The molecule has 1 unspecified atom stereocenters. The fraction of sp³-hybridized carbons (Fsp3) is 0.250. The van der Waals surface area contributed by atoms with E-state index in [9.17, 15) is 4.79 Å². The molecule has 12 heavy (non-hydrogen) atoms. The van der Waals surface area contributed by atoms with Crippen molar-refractivity contribution in [1.29, 1.82) is 5.26 Å². The van der Waals surface area contributed by atoms with Crippen molar-refractivity contribution in [2.24, 2.45) is 5.73 Å². The molecule has 4 heteroatoms. The lowest BCUT2D eigenvalue weighted by Crippen LogP contribution is -2.25. The van der Waals surface area contributed by atoms with Crippen molar-refractivity contribution in [2.45, 2.75) is 12.5 Å². The highest BCUT2D eigenvalue weighted by Crippen LogP contribution is 2.09. The fourth-order valence-corrected chi connectivity index (χ4v) is 0.995. The predicted molar refractivity (Wildman–Crippen MR) is 42.9 cm³/mol. The number of rotatable bonds is 3. The maximum atomic E-state index is 10.8. The average molecular weight is 163 g/mol. The van der Waals surface area contributed by atoms with Crippen LogP contribution in [0.2, 0.25) is 0 Å². The summed E-state index contributed by atoms with van der Waals surface area (Å²) in [6.07, 6.45) is 3.55. The Labute approximate surface area is 70.2 Å². The van der Waals surface area contributed by atoms with Gasteiger partial charge >= 0.3 is 0 Å². The van der Waals surface area contributed by atoms with Crippen LogP contribution in [0.3, 0.4) is 0 Å². The van der Waals surface area contributed by atoms with Gasteiger partial charge in [-0.3, -0.25) is 4.79 Å². The number of hydrogen-bond donors (Lipinski definition) is 1. The number of nitrogens with zero attached hydrogens (tertiary/aromatic N) is 2. The number of amides is 1. The van der Waals surface area contributed by atoms with Gasteiger partial charge in [0.2, 0.25) is 5.91 Å². The van der Waals surface area contributed by atoms with Crippen molar-refractivity contribution in [3.63, 3.8) is 0 Å². The Morgan fingerprint density at radius 3 is 2.58 bits per heavy atom. The summed E-state index contributed by atoms with van der Waals surface area (Å²) >= 11 is 0. The third-order valence-electron chi connectivity index (χ3n) is 1.60. The van der Waals surface area contributed by atoms with Crippen molar-refractivity contribution in [3.05, 3.63) is 24.5 Å². The third-order valence-corrected chi connectivity index (χ3v) is 1.60. The van der Waals surface area contributed by atoms with Crippen LogP contribution < -0.4 is 5.73 Å². The molecule has 62 valence electrons. The van der Waals surface area contributed by atoms with Gasteiger partial charge in [-0.15, -0.1) is 0 Å². The highest BCUT2D eigenvalue weighted by atomic mass is 16.1. The zero-order valence-corrected chi connectivity index (χ0v) is 6.47. The molecule has 0 fully saturated rings. The maximum absolute atomic E-state index is 10.8. The normalized spacial score (nSPS) is 11.9. The van der Waals surface area contributed by atoms with Crippen molar-refractivity contribution in [1.82, 2.24) is 4.57 Å². The first-order valence-corrected chi connectivity index (χ1v) is 3.54. The van der Waals surface area contributed by atoms with Crippen LogP contribution in [0, 0.1) is 11.3 Å². The van der Waals surface area contributed by atoms with Gasteiger partial charge < -0.3 is 10.3 Å².